The molecule has 6 nitrogen and oxygen atoms in total. The predicted octanol–water partition coefficient (Wildman–Crippen LogP) is 5.17. The number of hydrogen-bond acceptors (Lipinski definition) is 6. The highest BCUT2D eigenvalue weighted by atomic mass is 32.1. The van der Waals surface area contributed by atoms with Crippen molar-refractivity contribution in [3.8, 4) is 10.6 Å². The number of nitrogens with zero attached hydrogens (tertiary/aromatic N) is 4. The van der Waals surface area contributed by atoms with Gasteiger partial charge in [0, 0.05) is 0 Å². The summed E-state index contributed by atoms with van der Waals surface area (Å²) in [5.74, 6) is 0. The van der Waals surface area contributed by atoms with Crippen LogP contribution in [0, 0.1) is 0 Å². The molecule has 4 heterocycles. The summed E-state index contributed by atoms with van der Waals surface area (Å²) in [6.45, 7) is 0. The van der Waals surface area contributed by atoms with E-state index in [1.54, 1.807) is 41.8 Å². The van der Waals surface area contributed by atoms with Crippen LogP contribution in [0.1, 0.15) is 11.1 Å². The van der Waals surface area contributed by atoms with Crippen molar-refractivity contribution in [3.05, 3.63) is 81.7 Å². The second-order valence-corrected chi connectivity index (χ2v) is 7.49. The van der Waals surface area contributed by atoms with Gasteiger partial charge in [-0.3, -0.25) is 4.79 Å². The Balaban J connectivity index is 1.73. The largest absolute Gasteiger partial charge is 0.430 e. The Kier molecular flexibility index (Phi) is 4.44. The number of furan rings is 1. The molecule has 0 fully saturated rings. The van der Waals surface area contributed by atoms with Crippen molar-refractivity contribution in [2.45, 2.75) is 6.18 Å². The molecule has 31 heavy (non-hydrogen) atoms. The van der Waals surface area contributed by atoms with Gasteiger partial charge in [0.05, 0.1) is 27.7 Å². The van der Waals surface area contributed by atoms with Crippen LogP contribution in [0.3, 0.4) is 0 Å². The van der Waals surface area contributed by atoms with Crippen LogP contribution in [0.2, 0.25) is 0 Å². The van der Waals surface area contributed by atoms with Crippen LogP contribution in [0.25, 0.3) is 32.8 Å². The van der Waals surface area contributed by atoms with Gasteiger partial charge in [0.25, 0.3) is 0 Å². The molecule has 10 heteroatoms. The zero-order valence-corrected chi connectivity index (χ0v) is 16.3. The Labute approximate surface area is 175 Å². The van der Waals surface area contributed by atoms with Crippen molar-refractivity contribution in [3.63, 3.8) is 0 Å². The number of aromatic nitrogens is 3. The molecule has 0 bridgehead atoms. The lowest BCUT2D eigenvalue weighted by Crippen LogP contribution is -2.16. The molecule has 0 unspecified atom stereocenters. The molecule has 0 radical (unpaired) electrons. The quantitative estimate of drug-likeness (QED) is 0.363. The van der Waals surface area contributed by atoms with Crippen LogP contribution >= 0.6 is 11.3 Å². The molecule has 0 aliphatic rings. The SMILES string of the molecule is O=c1c2oc3nc(-c4cccs4)cc(C(F)(F)F)c3c2ncn1/N=C/c1ccccc1. The first-order chi connectivity index (χ1) is 14.9. The normalized spacial score (nSPS) is 12.4. The Morgan fingerprint density at radius 3 is 2.65 bits per heavy atom. The van der Waals surface area contributed by atoms with Crippen LogP contribution in [0.15, 0.2) is 74.6 Å². The molecule has 154 valence electrons. The first-order valence-corrected chi connectivity index (χ1v) is 9.85. The molecular weight excluding hydrogens is 429 g/mol. The molecule has 0 aliphatic carbocycles. The second kappa shape index (κ2) is 7.17. The maximum Gasteiger partial charge on any atom is 0.417 e. The van der Waals surface area contributed by atoms with Crippen LogP contribution in [0.5, 0.6) is 0 Å². The third-order valence-electron chi connectivity index (χ3n) is 4.55. The summed E-state index contributed by atoms with van der Waals surface area (Å²) in [5.41, 5.74) is -1.70. The lowest BCUT2D eigenvalue weighted by molar-refractivity contribution is -0.136. The van der Waals surface area contributed by atoms with Crippen LogP contribution in [0.4, 0.5) is 13.2 Å². The highest BCUT2D eigenvalue weighted by Crippen LogP contribution is 2.40. The van der Waals surface area contributed by atoms with Gasteiger partial charge >= 0.3 is 11.7 Å². The fraction of sp³-hybridized carbons (Fsp3) is 0.0476. The number of pyridine rings is 1. The standard InChI is InChI=1S/C21H11F3N4O2S/c22-21(23,24)13-9-14(15-7-4-8-31-15)27-19-16(13)17-18(30-19)20(29)28(11-25-17)26-10-12-5-2-1-3-6-12/h1-11H/b26-10+. The van der Waals surface area contributed by atoms with Gasteiger partial charge in [-0.1, -0.05) is 36.4 Å². The molecule has 5 rings (SSSR count). The molecule has 0 atom stereocenters. The first-order valence-electron chi connectivity index (χ1n) is 8.97. The van der Waals surface area contributed by atoms with E-state index in [4.69, 9.17) is 4.42 Å². The maximum absolute atomic E-state index is 13.8. The van der Waals surface area contributed by atoms with Crippen molar-refractivity contribution in [2.75, 3.05) is 0 Å². The Morgan fingerprint density at radius 1 is 1.13 bits per heavy atom. The molecule has 0 aliphatic heterocycles. The van der Waals surface area contributed by atoms with Gasteiger partial charge in [-0.2, -0.15) is 22.9 Å². The van der Waals surface area contributed by atoms with Gasteiger partial charge in [0.2, 0.25) is 11.3 Å². The molecule has 4 aromatic heterocycles. The molecule has 0 spiro atoms. The van der Waals surface area contributed by atoms with Crippen LogP contribution in [-0.4, -0.2) is 20.9 Å². The van der Waals surface area contributed by atoms with E-state index in [1.165, 1.54) is 17.6 Å². The van der Waals surface area contributed by atoms with Crippen LogP contribution < -0.4 is 5.56 Å². The number of fused-ring (bicyclic) bond motifs is 3. The summed E-state index contributed by atoms with van der Waals surface area (Å²) >= 11 is 1.25. The number of hydrogen-bond donors (Lipinski definition) is 0. The summed E-state index contributed by atoms with van der Waals surface area (Å²) in [6.07, 6.45) is -2.19. The molecule has 0 saturated carbocycles. The third-order valence-corrected chi connectivity index (χ3v) is 5.44. The summed E-state index contributed by atoms with van der Waals surface area (Å²) in [5, 5.41) is 5.43. The summed E-state index contributed by atoms with van der Waals surface area (Å²) in [4.78, 5) is 21.6. The van der Waals surface area contributed by atoms with Crippen molar-refractivity contribution in [1.82, 2.24) is 14.6 Å². The van der Waals surface area contributed by atoms with Gasteiger partial charge in [0.15, 0.2) is 0 Å². The maximum atomic E-state index is 13.8. The number of halogens is 3. The van der Waals surface area contributed by atoms with Gasteiger partial charge in [0.1, 0.15) is 11.8 Å². The van der Waals surface area contributed by atoms with Gasteiger partial charge in [-0.05, 0) is 23.1 Å². The molecule has 0 saturated heterocycles. The minimum Gasteiger partial charge on any atom is -0.430 e. The van der Waals surface area contributed by atoms with E-state index in [0.29, 0.717) is 4.88 Å². The van der Waals surface area contributed by atoms with E-state index in [2.05, 4.69) is 15.1 Å². The third kappa shape index (κ3) is 3.40. The number of rotatable bonds is 3. The molecule has 0 N–H and O–H groups in total. The van der Waals surface area contributed by atoms with E-state index in [-0.39, 0.29) is 27.9 Å². The van der Waals surface area contributed by atoms with Crippen LogP contribution in [-0.2, 0) is 6.18 Å². The number of alkyl halides is 3. The Hall–Kier alpha value is -3.79. The summed E-state index contributed by atoms with van der Waals surface area (Å²) < 4.78 is 47.9. The average molecular weight is 440 g/mol. The number of benzene rings is 1. The van der Waals surface area contributed by atoms with Crippen molar-refractivity contribution in [1.29, 1.82) is 0 Å². The lowest BCUT2D eigenvalue weighted by Gasteiger charge is -2.09. The Bertz CT molecular complexity index is 1490. The minimum absolute atomic E-state index is 0.108. The van der Waals surface area contributed by atoms with Gasteiger partial charge in [-0.15, -0.1) is 11.3 Å². The van der Waals surface area contributed by atoms with E-state index in [1.807, 2.05) is 6.07 Å². The zero-order chi connectivity index (χ0) is 21.6. The monoisotopic (exact) mass is 440 g/mol. The zero-order valence-electron chi connectivity index (χ0n) is 15.5. The minimum atomic E-state index is -4.69. The topological polar surface area (TPSA) is 73.3 Å². The van der Waals surface area contributed by atoms with Gasteiger partial charge < -0.3 is 4.42 Å². The predicted molar refractivity (Wildman–Crippen MR) is 111 cm³/mol. The Morgan fingerprint density at radius 2 is 1.94 bits per heavy atom. The summed E-state index contributed by atoms with van der Waals surface area (Å²) in [6, 6.07) is 13.3. The van der Waals surface area contributed by atoms with Crippen molar-refractivity contribution in [2.24, 2.45) is 5.10 Å². The highest BCUT2D eigenvalue weighted by molar-refractivity contribution is 7.13. The van der Waals surface area contributed by atoms with E-state index >= 15 is 0 Å². The van der Waals surface area contributed by atoms with E-state index < -0.39 is 17.3 Å². The fourth-order valence-corrected chi connectivity index (χ4v) is 3.83. The molecule has 5 aromatic rings. The molecular formula is C21H11F3N4O2S. The smallest absolute Gasteiger partial charge is 0.417 e. The molecule has 1 aromatic carbocycles. The van der Waals surface area contributed by atoms with E-state index in [9.17, 15) is 18.0 Å². The highest BCUT2D eigenvalue weighted by Gasteiger charge is 2.36. The summed E-state index contributed by atoms with van der Waals surface area (Å²) in [7, 11) is 0. The lowest BCUT2D eigenvalue weighted by atomic mass is 10.1. The van der Waals surface area contributed by atoms with Gasteiger partial charge in [-0.25, -0.2) is 9.97 Å². The number of thiophene rings is 1. The molecule has 0 amide bonds. The van der Waals surface area contributed by atoms with Crippen molar-refractivity contribution < 1.29 is 17.6 Å². The van der Waals surface area contributed by atoms with E-state index in [0.717, 1.165) is 22.6 Å². The van der Waals surface area contributed by atoms with Crippen molar-refractivity contribution >= 4 is 39.8 Å². The second-order valence-electron chi connectivity index (χ2n) is 6.54. The fourth-order valence-electron chi connectivity index (χ4n) is 3.14. The first kappa shape index (κ1) is 19.2. The average Bonchev–Trinajstić information content (AvgIpc) is 3.41.